The van der Waals surface area contributed by atoms with Crippen LogP contribution in [0.1, 0.15) is 33.3 Å². The zero-order chi connectivity index (χ0) is 19.4. The van der Waals surface area contributed by atoms with Crippen molar-refractivity contribution in [1.29, 1.82) is 0 Å². The molecule has 0 bridgehead atoms. The molecule has 0 unspecified atom stereocenters. The van der Waals surface area contributed by atoms with Crippen LogP contribution in [-0.2, 0) is 13.2 Å². The summed E-state index contributed by atoms with van der Waals surface area (Å²) < 4.78 is 20.6. The molecule has 3 aromatic rings. The van der Waals surface area contributed by atoms with E-state index >= 15 is 0 Å². The predicted molar refractivity (Wildman–Crippen MR) is 93.2 cm³/mol. The number of carbonyl (C=O) groups is 2. The topological polar surface area (TPSA) is 94.3 Å². The largest absolute Gasteiger partial charge is 0.508 e. The first kappa shape index (κ1) is 18.2. The molecule has 0 saturated carbocycles. The van der Waals surface area contributed by atoms with Gasteiger partial charge in [0.05, 0.1) is 6.20 Å². The van der Waals surface area contributed by atoms with Crippen LogP contribution >= 0.6 is 0 Å². The maximum absolute atomic E-state index is 13.9. The lowest BCUT2D eigenvalue weighted by Gasteiger charge is -2.06. The molecule has 0 aliphatic carbocycles. The van der Waals surface area contributed by atoms with Gasteiger partial charge in [-0.3, -0.25) is 9.59 Å². The maximum atomic E-state index is 13.9. The molecule has 0 aliphatic rings. The van der Waals surface area contributed by atoms with E-state index in [-0.39, 0.29) is 41.8 Å². The van der Waals surface area contributed by atoms with Crippen LogP contribution in [0.4, 0.5) is 4.39 Å². The van der Waals surface area contributed by atoms with Gasteiger partial charge in [-0.2, -0.15) is 0 Å². The second-order valence-corrected chi connectivity index (χ2v) is 5.87. The number of carbonyl (C=O) groups excluding carboxylic acids is 2. The third-order valence-electron chi connectivity index (χ3n) is 3.79. The van der Waals surface area contributed by atoms with Gasteiger partial charge in [-0.05, 0) is 49.4 Å². The Kier molecular flexibility index (Phi) is 5.25. The van der Waals surface area contributed by atoms with Gasteiger partial charge in [0.25, 0.3) is 0 Å². The van der Waals surface area contributed by atoms with E-state index in [2.05, 4.69) is 10.3 Å². The first-order chi connectivity index (χ1) is 12.9. The first-order valence-electron chi connectivity index (χ1n) is 8.07. The Bertz CT molecular complexity index is 983. The lowest BCUT2D eigenvalue weighted by atomic mass is 10.1. The molecule has 0 radical (unpaired) electrons. The van der Waals surface area contributed by atoms with Crippen LogP contribution in [0.25, 0.3) is 0 Å². The van der Waals surface area contributed by atoms with Gasteiger partial charge in [-0.15, -0.1) is 5.10 Å². The molecule has 27 heavy (non-hydrogen) atoms. The molecule has 8 heteroatoms. The molecule has 1 aromatic heterocycles. The quantitative estimate of drug-likeness (QED) is 0.644. The number of ether oxygens (including phenoxy) is 1. The van der Waals surface area contributed by atoms with Crippen molar-refractivity contribution >= 4 is 11.6 Å². The van der Waals surface area contributed by atoms with Crippen LogP contribution in [0.3, 0.4) is 0 Å². The molecule has 7 nitrogen and oxygen atoms in total. The number of aromatic hydroxyl groups is 1. The minimum absolute atomic E-state index is 0.00489. The van der Waals surface area contributed by atoms with Crippen LogP contribution < -0.4 is 4.74 Å². The third-order valence-corrected chi connectivity index (χ3v) is 3.79. The summed E-state index contributed by atoms with van der Waals surface area (Å²) in [5.74, 6) is -0.998. The average Bonchev–Trinajstić information content (AvgIpc) is 3.08. The van der Waals surface area contributed by atoms with Crippen molar-refractivity contribution in [3.63, 3.8) is 0 Å². The van der Waals surface area contributed by atoms with Gasteiger partial charge in [0.15, 0.2) is 23.1 Å². The second kappa shape index (κ2) is 7.77. The Morgan fingerprint density at radius 1 is 1.15 bits per heavy atom. The van der Waals surface area contributed by atoms with E-state index < -0.39 is 5.82 Å². The fourth-order valence-corrected chi connectivity index (χ4v) is 2.36. The zero-order valence-electron chi connectivity index (χ0n) is 14.4. The molecule has 0 fully saturated rings. The molecule has 3 rings (SSSR count). The zero-order valence-corrected chi connectivity index (χ0v) is 14.4. The van der Waals surface area contributed by atoms with Gasteiger partial charge < -0.3 is 9.84 Å². The van der Waals surface area contributed by atoms with Crippen LogP contribution in [0.15, 0.2) is 48.7 Å². The number of nitrogens with zero attached hydrogens (tertiary/aromatic N) is 3. The van der Waals surface area contributed by atoms with Crippen LogP contribution in [0, 0.1) is 5.82 Å². The minimum Gasteiger partial charge on any atom is -0.508 e. The molecule has 0 amide bonds. The van der Waals surface area contributed by atoms with Gasteiger partial charge in [-0.1, -0.05) is 5.21 Å². The standard InChI is InChI=1S/C19H16FN3O4/c1-12(24)14-4-7-19(17(20)8-14)27-11-15-9-23(22-21-15)10-18(26)13-2-5-16(25)6-3-13/h2-9,25H,10-11H2,1H3. The lowest BCUT2D eigenvalue weighted by Crippen LogP contribution is -2.10. The summed E-state index contributed by atoms with van der Waals surface area (Å²) in [7, 11) is 0. The summed E-state index contributed by atoms with van der Waals surface area (Å²) in [6.07, 6.45) is 1.53. The van der Waals surface area contributed by atoms with E-state index in [1.54, 1.807) is 0 Å². The van der Waals surface area contributed by atoms with Crippen LogP contribution in [0.5, 0.6) is 11.5 Å². The normalized spacial score (nSPS) is 10.6. The van der Waals surface area contributed by atoms with E-state index in [1.807, 2.05) is 0 Å². The van der Waals surface area contributed by atoms with Crippen molar-refractivity contribution in [1.82, 2.24) is 15.0 Å². The molecular formula is C19H16FN3O4. The van der Waals surface area contributed by atoms with Gasteiger partial charge in [0, 0.05) is 11.1 Å². The van der Waals surface area contributed by atoms with E-state index in [1.165, 1.54) is 54.2 Å². The van der Waals surface area contributed by atoms with E-state index in [4.69, 9.17) is 4.74 Å². The Morgan fingerprint density at radius 2 is 1.85 bits per heavy atom. The summed E-state index contributed by atoms with van der Waals surface area (Å²) in [5, 5.41) is 17.0. The van der Waals surface area contributed by atoms with Gasteiger partial charge in [0.1, 0.15) is 24.6 Å². The Balaban J connectivity index is 1.60. The second-order valence-electron chi connectivity index (χ2n) is 5.87. The molecule has 138 valence electrons. The van der Waals surface area contributed by atoms with Crippen LogP contribution in [0.2, 0.25) is 0 Å². The van der Waals surface area contributed by atoms with E-state index in [0.717, 1.165) is 6.07 Å². The van der Waals surface area contributed by atoms with Crippen molar-refractivity contribution in [3.05, 3.63) is 71.3 Å². The molecule has 2 aromatic carbocycles. The third kappa shape index (κ3) is 4.55. The number of phenolic OH excluding ortho intramolecular Hbond substituents is 1. The molecule has 0 atom stereocenters. The lowest BCUT2D eigenvalue weighted by molar-refractivity contribution is 0.0965. The number of ketones is 2. The highest BCUT2D eigenvalue weighted by atomic mass is 19.1. The Hall–Kier alpha value is -3.55. The monoisotopic (exact) mass is 369 g/mol. The predicted octanol–water partition coefficient (Wildman–Crippen LogP) is 2.79. The highest BCUT2D eigenvalue weighted by Crippen LogP contribution is 2.19. The SMILES string of the molecule is CC(=O)c1ccc(OCc2cn(CC(=O)c3ccc(O)cc3)nn2)c(F)c1. The number of phenols is 1. The Morgan fingerprint density at radius 3 is 2.52 bits per heavy atom. The first-order valence-corrected chi connectivity index (χ1v) is 8.07. The summed E-state index contributed by atoms with van der Waals surface area (Å²) in [5.41, 5.74) is 1.12. The summed E-state index contributed by atoms with van der Waals surface area (Å²) in [6, 6.07) is 9.88. The van der Waals surface area contributed by atoms with Crippen molar-refractivity contribution < 1.29 is 23.8 Å². The van der Waals surface area contributed by atoms with E-state index in [0.29, 0.717) is 11.3 Å². The number of halogens is 1. The van der Waals surface area contributed by atoms with E-state index in [9.17, 15) is 19.1 Å². The smallest absolute Gasteiger partial charge is 0.184 e. The van der Waals surface area contributed by atoms with Gasteiger partial charge in [-0.25, -0.2) is 9.07 Å². The number of aromatic nitrogens is 3. The molecule has 1 heterocycles. The van der Waals surface area contributed by atoms with Crippen LogP contribution in [-0.4, -0.2) is 31.7 Å². The van der Waals surface area contributed by atoms with Gasteiger partial charge >= 0.3 is 0 Å². The average molecular weight is 369 g/mol. The number of Topliss-reactive ketones (excluding diaryl/α,β-unsaturated/α-hetero) is 2. The van der Waals surface area contributed by atoms with Gasteiger partial charge in [0.2, 0.25) is 0 Å². The number of benzene rings is 2. The molecule has 1 N–H and O–H groups in total. The molecular weight excluding hydrogens is 353 g/mol. The molecule has 0 saturated heterocycles. The highest BCUT2D eigenvalue weighted by Gasteiger charge is 2.11. The number of hydrogen-bond donors (Lipinski definition) is 1. The van der Waals surface area contributed by atoms with Crippen molar-refractivity contribution in [2.45, 2.75) is 20.1 Å². The minimum atomic E-state index is -0.641. The summed E-state index contributed by atoms with van der Waals surface area (Å²) >= 11 is 0. The molecule has 0 spiro atoms. The summed E-state index contributed by atoms with van der Waals surface area (Å²) in [6.45, 7) is 1.29. The maximum Gasteiger partial charge on any atom is 0.184 e. The fraction of sp³-hybridized carbons (Fsp3) is 0.158. The number of rotatable bonds is 7. The summed E-state index contributed by atoms with van der Waals surface area (Å²) in [4.78, 5) is 23.4. The van der Waals surface area contributed by atoms with Crippen molar-refractivity contribution in [2.75, 3.05) is 0 Å². The van der Waals surface area contributed by atoms with Crippen molar-refractivity contribution in [2.24, 2.45) is 0 Å². The number of hydrogen-bond acceptors (Lipinski definition) is 6. The fourth-order valence-electron chi connectivity index (χ4n) is 2.36. The molecule has 0 aliphatic heterocycles. The Labute approximate surface area is 154 Å². The highest BCUT2D eigenvalue weighted by molar-refractivity contribution is 5.96. The van der Waals surface area contributed by atoms with Crippen molar-refractivity contribution in [3.8, 4) is 11.5 Å².